The van der Waals surface area contributed by atoms with Crippen molar-refractivity contribution in [3.8, 4) is 11.5 Å². The zero-order valence-corrected chi connectivity index (χ0v) is 84.2. The second kappa shape index (κ2) is 63.7. The van der Waals surface area contributed by atoms with Crippen LogP contribution in [0.4, 0.5) is 0 Å². The number of ether oxygens (including phenoxy) is 13. The lowest BCUT2D eigenvalue weighted by atomic mass is 9.80. The number of hydrogen-bond donors (Lipinski definition) is 9. The van der Waals surface area contributed by atoms with Gasteiger partial charge in [-0.2, -0.15) is 0 Å². The second-order valence-electron chi connectivity index (χ2n) is 36.2. The molecule has 9 N–H and O–H groups in total. The third-order valence-electron chi connectivity index (χ3n) is 25.5. The van der Waals surface area contributed by atoms with Crippen LogP contribution in [0, 0.1) is 35.5 Å². The quantitative estimate of drug-likeness (QED) is 0.0113. The number of hydrogen-bond acceptors (Lipinski definition) is 28. The summed E-state index contributed by atoms with van der Waals surface area (Å²) in [5.74, 6) is -6.08. The van der Waals surface area contributed by atoms with Crippen LogP contribution in [-0.4, -0.2) is 285 Å². The largest absolute Gasteiger partial charge is 0.497 e. The molecule has 6 rings (SSSR count). The summed E-state index contributed by atoms with van der Waals surface area (Å²) < 4.78 is 77.0. The first-order chi connectivity index (χ1) is 66.9. The zero-order chi connectivity index (χ0) is 103. The molecule has 0 saturated carbocycles. The molecule has 7 unspecified atom stereocenters. The van der Waals surface area contributed by atoms with Gasteiger partial charge in [-0.25, -0.2) is 0 Å². The minimum absolute atomic E-state index is 0.00386. The summed E-state index contributed by atoms with van der Waals surface area (Å²) in [7, 11) is 3.06. The van der Waals surface area contributed by atoms with E-state index < -0.39 is 122 Å². The van der Waals surface area contributed by atoms with E-state index in [1.54, 1.807) is 29.2 Å². The Balaban J connectivity index is 1.13. The molecule has 3 aromatic rings. The van der Waals surface area contributed by atoms with Gasteiger partial charge in [0.1, 0.15) is 36.9 Å². The molecule has 3 heterocycles. The maximum absolute atomic E-state index is 15.7. The molecule has 39 nitrogen and oxygen atoms in total. The van der Waals surface area contributed by atoms with E-state index in [0.717, 1.165) is 0 Å². The summed E-state index contributed by atoms with van der Waals surface area (Å²) in [6, 6.07) is 22.0. The normalized spacial score (nSPS) is 21.2. The number of carbonyl (C=O) groups is 15. The Kier molecular flexibility index (Phi) is 53.6. The number of nitrogens with one attached hydrogen (secondary N) is 8. The van der Waals surface area contributed by atoms with Gasteiger partial charge in [-0.15, -0.1) is 0 Å². The number of aliphatic carboxylic acids is 1. The molecule has 10 amide bonds. The number of rotatable bonds is 65. The van der Waals surface area contributed by atoms with Gasteiger partial charge in [0.05, 0.1) is 70.1 Å². The van der Waals surface area contributed by atoms with E-state index in [9.17, 15) is 72.2 Å². The molecule has 3 aromatic carbocycles. The molecule has 0 bridgehead atoms. The third kappa shape index (κ3) is 42.1. The Hall–Kier alpha value is -11.0. The molecule has 0 aromatic heterocycles. The van der Waals surface area contributed by atoms with Crippen molar-refractivity contribution >= 4 is 88.9 Å². The van der Waals surface area contributed by atoms with Gasteiger partial charge >= 0.3 is 29.8 Å². The zero-order valence-electron chi connectivity index (χ0n) is 84.2. The van der Waals surface area contributed by atoms with Crippen LogP contribution in [0.1, 0.15) is 235 Å². The highest BCUT2D eigenvalue weighted by molar-refractivity contribution is 5.85. The van der Waals surface area contributed by atoms with Crippen molar-refractivity contribution in [1.82, 2.24) is 52.3 Å². The lowest BCUT2D eigenvalue weighted by molar-refractivity contribution is -0.244. The Morgan fingerprint density at radius 1 is 0.371 bits per heavy atom. The van der Waals surface area contributed by atoms with E-state index in [2.05, 4.69) is 42.5 Å². The standard InChI is InChI=1S/C101H154N10O29/c1-65-68(4)94(107-71(7)112)98(138-82(65)61-133-74(10)115)130-58-23-18-33-86(118)102-49-26-36-89(121)105-52-29-56-110(91(123)38-28-51-104-88(120)35-20-25-60-132-100-96(109-73(9)114)70(6)67(3)84(140-100)63-135-76(12)117)54-21-22-55-111(57-30-53-106-90(122)37-27-50-103-87(119)34-19-24-59-131-99-95(108-72(8)113)69(5)66(2)83(139-99)62-134-75(11)116)97(127)85(137-93(126)48-47-92(124)125)64-136-101(77-31-16-15-17-32-77,78-39-43-80(128-13)44-40-78)79-41-45-81(129-14)46-42-79/h15-17,31-32,39-46,65-70,82-85,94-96,98-100H,18-30,33-38,47-64H2,1-14H3,(H,102,118)(H,103,119)(H,104,120)(H,105,121)(H,106,122)(H,107,112)(H,108,113)(H,109,114)(H,124,125)/t65-,66-,67-,68+,69+,70+,82?,83?,84?,85?,94?,95?,96?,98-,99-,100-/m1/s1. The molecule has 3 aliphatic rings. The highest BCUT2D eigenvalue weighted by atomic mass is 16.7. The van der Waals surface area contributed by atoms with Crippen LogP contribution in [0.25, 0.3) is 0 Å². The molecule has 16 atom stereocenters. The maximum atomic E-state index is 15.7. The van der Waals surface area contributed by atoms with Crippen molar-refractivity contribution in [2.45, 2.75) is 285 Å². The molecule has 0 spiro atoms. The van der Waals surface area contributed by atoms with E-state index in [0.29, 0.717) is 92.4 Å². The van der Waals surface area contributed by atoms with Gasteiger partial charge in [0.25, 0.3) is 5.91 Å². The van der Waals surface area contributed by atoms with Crippen LogP contribution in [0.2, 0.25) is 0 Å². The Morgan fingerprint density at radius 2 is 0.693 bits per heavy atom. The van der Waals surface area contributed by atoms with Gasteiger partial charge in [-0.05, 0) is 160 Å². The van der Waals surface area contributed by atoms with Crippen molar-refractivity contribution in [3.05, 3.63) is 95.6 Å². The first kappa shape index (κ1) is 118. The first-order valence-electron chi connectivity index (χ1n) is 49.3. The Morgan fingerprint density at radius 3 is 1.04 bits per heavy atom. The van der Waals surface area contributed by atoms with E-state index in [4.69, 9.17) is 61.6 Å². The first-order valence-corrected chi connectivity index (χ1v) is 49.3. The molecular formula is C101H154N10O29. The molecule has 3 saturated heterocycles. The fraction of sp³-hybridized carbons (Fsp3) is 0.673. The molecular weight excluding hydrogens is 1820 g/mol. The summed E-state index contributed by atoms with van der Waals surface area (Å²) in [5, 5.41) is 33.0. The summed E-state index contributed by atoms with van der Waals surface area (Å²) in [4.78, 5) is 197. The van der Waals surface area contributed by atoms with Gasteiger partial charge in [-0.3, -0.25) is 71.9 Å². The molecule has 3 fully saturated rings. The van der Waals surface area contributed by atoms with Crippen molar-refractivity contribution in [2.75, 3.05) is 119 Å². The fourth-order valence-electron chi connectivity index (χ4n) is 16.9. The predicted octanol–water partition coefficient (Wildman–Crippen LogP) is 7.68. The van der Waals surface area contributed by atoms with Crippen molar-refractivity contribution < 1.29 is 139 Å². The number of carboxylic acid groups (broad SMARTS) is 1. The van der Waals surface area contributed by atoms with E-state index in [1.807, 2.05) is 96.1 Å². The number of nitrogens with zero attached hydrogens (tertiary/aromatic N) is 2. The minimum atomic E-state index is -1.71. The summed E-state index contributed by atoms with van der Waals surface area (Å²) in [6.07, 6.45) is -1.41. The lowest BCUT2D eigenvalue weighted by Gasteiger charge is -2.44. The van der Waals surface area contributed by atoms with Crippen LogP contribution < -0.4 is 52.0 Å². The predicted molar refractivity (Wildman–Crippen MR) is 512 cm³/mol. The monoisotopic (exact) mass is 1970 g/mol. The number of esters is 4. The minimum Gasteiger partial charge on any atom is -0.497 e. The van der Waals surface area contributed by atoms with Gasteiger partial charge in [-0.1, -0.05) is 96.1 Å². The fourth-order valence-corrected chi connectivity index (χ4v) is 16.9. The number of benzene rings is 3. The molecule has 782 valence electrons. The smallest absolute Gasteiger partial charge is 0.307 e. The van der Waals surface area contributed by atoms with Gasteiger partial charge in [0, 0.05) is 159 Å². The maximum Gasteiger partial charge on any atom is 0.307 e. The van der Waals surface area contributed by atoms with Crippen LogP contribution >= 0.6 is 0 Å². The molecule has 39 heteroatoms. The highest BCUT2D eigenvalue weighted by Gasteiger charge is 2.47. The lowest BCUT2D eigenvalue weighted by Crippen LogP contribution is -2.58. The van der Waals surface area contributed by atoms with Crippen LogP contribution in [-0.2, 0) is 130 Å². The molecule has 0 radical (unpaired) electrons. The number of methoxy groups -OCH3 is 2. The summed E-state index contributed by atoms with van der Waals surface area (Å²) in [6.45, 7) is 21.2. The Labute approximate surface area is 822 Å². The van der Waals surface area contributed by atoms with Crippen molar-refractivity contribution in [1.29, 1.82) is 0 Å². The van der Waals surface area contributed by atoms with E-state index >= 15 is 4.79 Å². The average Bonchev–Trinajstić information content (AvgIpc) is 0.748. The van der Waals surface area contributed by atoms with E-state index in [1.165, 1.54) is 60.7 Å². The number of carbonyl (C=O) groups excluding carboxylic acids is 14. The molecule has 0 aliphatic carbocycles. The topological polar surface area (TPSA) is 499 Å². The van der Waals surface area contributed by atoms with Crippen LogP contribution in [0.3, 0.4) is 0 Å². The van der Waals surface area contributed by atoms with Crippen LogP contribution in [0.15, 0.2) is 78.9 Å². The number of carboxylic acids is 1. The third-order valence-corrected chi connectivity index (χ3v) is 25.5. The summed E-state index contributed by atoms with van der Waals surface area (Å²) in [5.41, 5.74) is 0.243. The van der Waals surface area contributed by atoms with Gasteiger partial charge in [0.15, 0.2) is 18.9 Å². The van der Waals surface area contributed by atoms with Crippen molar-refractivity contribution in [2.24, 2.45) is 35.5 Å². The molecule has 140 heavy (non-hydrogen) atoms. The Bertz CT molecular complexity index is 4310. The number of unbranched alkanes of at least 4 members (excludes halogenated alkanes) is 4. The SMILES string of the molecule is COc1ccc(C(OCC(OC(=O)CCC(=O)O)C(=O)N(CCCCN(CCCNC(=O)CCCNC(=O)CCCCO[C@@H]2OC(COC(C)=O)[C@H](C)[C@H](C)C2NC(C)=O)C(=O)CCCNC(=O)CCCCO[C@@H]2OC(COC(C)=O)[C@H](C)[C@H](C)C2NC(C)=O)CCCNC(=O)CCCNC(=O)CCCCO[C@@H]2OC(COC(C)=O)[C@H](C)[C@H](C)C2NC(C)=O)(c2ccccc2)c2ccc(OC)cc2)cc1. The van der Waals surface area contributed by atoms with Gasteiger partial charge < -0.3 is 119 Å². The van der Waals surface area contributed by atoms with E-state index in [-0.39, 0.29) is 245 Å². The number of amides is 10. The van der Waals surface area contributed by atoms with Crippen LogP contribution in [0.5, 0.6) is 11.5 Å². The van der Waals surface area contributed by atoms with Gasteiger partial charge in [0.2, 0.25) is 59.3 Å². The molecule has 3 aliphatic heterocycles. The second-order valence-corrected chi connectivity index (χ2v) is 36.2. The van der Waals surface area contributed by atoms with Crippen molar-refractivity contribution in [3.63, 3.8) is 0 Å². The summed E-state index contributed by atoms with van der Waals surface area (Å²) >= 11 is 0. The average molecular weight is 1970 g/mol. The highest BCUT2D eigenvalue weighted by Crippen LogP contribution is 2.43.